The van der Waals surface area contributed by atoms with Crippen LogP contribution in [0.25, 0.3) is 0 Å². The standard InChI is InChI=1S/C13H18BrN3O3S2/c1-7-3-9(4-18)13(6-20-7,11-16-10(14)5-22-11)17-12(21)15-8(2)19/h5,7,9,18H,3-4,6H2,1-2H3,(H2,15,17,19,21)/t7-,9-,13-/m0/s1. The number of thiazole rings is 1. The number of amides is 1. The van der Waals surface area contributed by atoms with Crippen LogP contribution in [0.3, 0.4) is 0 Å². The predicted molar refractivity (Wildman–Crippen MR) is 91.6 cm³/mol. The molecular formula is C13H18BrN3O3S2. The third kappa shape index (κ3) is 3.83. The summed E-state index contributed by atoms with van der Waals surface area (Å²) in [4.78, 5) is 15.7. The van der Waals surface area contributed by atoms with E-state index in [4.69, 9.17) is 17.0 Å². The Kier molecular flexibility index (Phi) is 5.89. The highest BCUT2D eigenvalue weighted by Crippen LogP contribution is 2.39. The molecule has 1 aromatic heterocycles. The van der Waals surface area contributed by atoms with Gasteiger partial charge >= 0.3 is 0 Å². The molecule has 1 amide bonds. The van der Waals surface area contributed by atoms with Crippen LogP contribution in [0.5, 0.6) is 0 Å². The van der Waals surface area contributed by atoms with Crippen molar-refractivity contribution in [3.8, 4) is 0 Å². The van der Waals surface area contributed by atoms with Gasteiger partial charge in [0.05, 0.1) is 12.7 Å². The van der Waals surface area contributed by atoms with Crippen LogP contribution in [0.15, 0.2) is 9.98 Å². The minimum atomic E-state index is -0.752. The normalized spacial score (nSPS) is 28.2. The van der Waals surface area contributed by atoms with E-state index in [2.05, 4.69) is 31.5 Å². The Hall–Kier alpha value is -0.610. The van der Waals surface area contributed by atoms with Crippen LogP contribution in [0.4, 0.5) is 0 Å². The topological polar surface area (TPSA) is 83.5 Å². The summed E-state index contributed by atoms with van der Waals surface area (Å²) in [6, 6.07) is 0. The number of thiocarbonyl (C=S) groups is 1. The van der Waals surface area contributed by atoms with Crippen LogP contribution < -0.4 is 10.6 Å². The molecular weight excluding hydrogens is 390 g/mol. The van der Waals surface area contributed by atoms with Crippen LogP contribution in [-0.4, -0.2) is 40.4 Å². The second kappa shape index (κ2) is 7.31. The first-order valence-corrected chi connectivity index (χ1v) is 8.89. The lowest BCUT2D eigenvalue weighted by atomic mass is 9.79. The van der Waals surface area contributed by atoms with Crippen molar-refractivity contribution in [3.63, 3.8) is 0 Å². The van der Waals surface area contributed by atoms with Crippen molar-refractivity contribution in [2.24, 2.45) is 5.92 Å². The summed E-state index contributed by atoms with van der Waals surface area (Å²) >= 11 is 10.0. The SMILES string of the molecule is CC(=O)NC(=S)N[C@@]1(c2nc(Br)cs2)CO[C@@H](C)C[C@H]1CO. The highest BCUT2D eigenvalue weighted by molar-refractivity contribution is 9.10. The highest BCUT2D eigenvalue weighted by atomic mass is 79.9. The average molecular weight is 408 g/mol. The summed E-state index contributed by atoms with van der Waals surface area (Å²) in [6.07, 6.45) is 0.716. The first-order valence-electron chi connectivity index (χ1n) is 6.81. The fourth-order valence-electron chi connectivity index (χ4n) is 2.57. The minimum absolute atomic E-state index is 0.0272. The van der Waals surface area contributed by atoms with E-state index in [1.165, 1.54) is 18.3 Å². The summed E-state index contributed by atoms with van der Waals surface area (Å²) in [5.74, 6) is -0.375. The van der Waals surface area contributed by atoms with E-state index in [0.29, 0.717) is 13.0 Å². The monoisotopic (exact) mass is 407 g/mol. The molecule has 0 radical (unpaired) electrons. The summed E-state index contributed by atoms with van der Waals surface area (Å²) in [5.41, 5.74) is -0.752. The molecule has 6 nitrogen and oxygen atoms in total. The molecule has 3 N–H and O–H groups in total. The number of rotatable bonds is 3. The van der Waals surface area contributed by atoms with E-state index >= 15 is 0 Å². The zero-order valence-electron chi connectivity index (χ0n) is 12.3. The number of carbonyl (C=O) groups excluding carboxylic acids is 1. The fourth-order valence-corrected chi connectivity index (χ4v) is 4.37. The van der Waals surface area contributed by atoms with Gasteiger partial charge in [0.1, 0.15) is 15.1 Å². The van der Waals surface area contributed by atoms with Crippen LogP contribution in [0.1, 0.15) is 25.3 Å². The zero-order chi connectivity index (χ0) is 16.3. The largest absolute Gasteiger partial charge is 0.396 e. The lowest BCUT2D eigenvalue weighted by Gasteiger charge is -2.44. The van der Waals surface area contributed by atoms with Crippen LogP contribution in [0.2, 0.25) is 0 Å². The van der Waals surface area contributed by atoms with Gasteiger partial charge < -0.3 is 20.5 Å². The van der Waals surface area contributed by atoms with Gasteiger partial charge in [-0.1, -0.05) is 0 Å². The minimum Gasteiger partial charge on any atom is -0.396 e. The smallest absolute Gasteiger partial charge is 0.222 e. The molecule has 1 saturated heterocycles. The van der Waals surface area contributed by atoms with E-state index in [-0.39, 0.29) is 29.6 Å². The average Bonchev–Trinajstić information content (AvgIpc) is 2.87. The first-order chi connectivity index (χ1) is 10.4. The molecule has 2 heterocycles. The van der Waals surface area contributed by atoms with Crippen LogP contribution >= 0.6 is 39.5 Å². The van der Waals surface area contributed by atoms with Crippen molar-refractivity contribution in [2.45, 2.75) is 31.9 Å². The van der Waals surface area contributed by atoms with Crippen molar-refractivity contribution in [2.75, 3.05) is 13.2 Å². The molecule has 2 rings (SSSR count). The van der Waals surface area contributed by atoms with Crippen molar-refractivity contribution in [1.29, 1.82) is 0 Å². The van der Waals surface area contributed by atoms with E-state index in [0.717, 1.165) is 9.61 Å². The van der Waals surface area contributed by atoms with E-state index in [9.17, 15) is 9.90 Å². The number of hydrogen-bond acceptors (Lipinski definition) is 6. The molecule has 3 atom stereocenters. The van der Waals surface area contributed by atoms with E-state index < -0.39 is 5.54 Å². The first kappa shape index (κ1) is 17.7. The number of nitrogens with one attached hydrogen (secondary N) is 2. The van der Waals surface area contributed by atoms with Crippen molar-refractivity contribution >= 4 is 50.5 Å². The summed E-state index contributed by atoms with van der Waals surface area (Å²) in [7, 11) is 0. The maximum atomic E-state index is 11.2. The summed E-state index contributed by atoms with van der Waals surface area (Å²) < 4.78 is 6.52. The number of carbonyl (C=O) groups is 1. The third-order valence-corrected chi connectivity index (χ3v) is 5.55. The molecule has 1 aromatic rings. The highest BCUT2D eigenvalue weighted by Gasteiger charge is 2.47. The Morgan fingerprint density at radius 2 is 2.45 bits per heavy atom. The number of aromatic nitrogens is 1. The Balaban J connectivity index is 2.35. The molecule has 0 aromatic carbocycles. The molecule has 22 heavy (non-hydrogen) atoms. The molecule has 0 bridgehead atoms. The third-order valence-electron chi connectivity index (χ3n) is 3.61. The lowest BCUT2D eigenvalue weighted by Crippen LogP contribution is -2.61. The molecule has 122 valence electrons. The fraction of sp³-hybridized carbons (Fsp3) is 0.615. The van der Waals surface area contributed by atoms with Crippen LogP contribution in [0, 0.1) is 5.92 Å². The number of hydrogen-bond donors (Lipinski definition) is 3. The predicted octanol–water partition coefficient (Wildman–Crippen LogP) is 1.53. The van der Waals surface area contributed by atoms with Gasteiger partial charge in [-0.05, 0) is 41.5 Å². The maximum absolute atomic E-state index is 11.2. The Morgan fingerprint density at radius 1 is 1.73 bits per heavy atom. The molecule has 0 aliphatic carbocycles. The molecule has 1 fully saturated rings. The van der Waals surface area contributed by atoms with E-state index in [1.807, 2.05) is 12.3 Å². The van der Waals surface area contributed by atoms with Gasteiger partial charge in [0.15, 0.2) is 5.11 Å². The van der Waals surface area contributed by atoms with Gasteiger partial charge in [-0.2, -0.15) is 0 Å². The molecule has 9 heteroatoms. The Bertz CT molecular complexity index is 568. The van der Waals surface area contributed by atoms with Gasteiger partial charge in [-0.25, -0.2) is 4.98 Å². The molecule has 1 aliphatic rings. The quantitative estimate of drug-likeness (QED) is 0.658. The number of nitrogens with zero attached hydrogens (tertiary/aromatic N) is 1. The lowest BCUT2D eigenvalue weighted by molar-refractivity contribution is -0.117. The van der Waals surface area contributed by atoms with Gasteiger partial charge in [0.25, 0.3) is 0 Å². The maximum Gasteiger partial charge on any atom is 0.222 e. The molecule has 0 saturated carbocycles. The molecule has 1 aliphatic heterocycles. The summed E-state index contributed by atoms with van der Waals surface area (Å²) in [5, 5.41) is 18.4. The second-order valence-corrected chi connectivity index (χ2v) is 7.40. The number of ether oxygens (including phenoxy) is 1. The van der Waals surface area contributed by atoms with Gasteiger partial charge in [0.2, 0.25) is 5.91 Å². The summed E-state index contributed by atoms with van der Waals surface area (Å²) in [6.45, 7) is 3.65. The molecule has 0 spiro atoms. The van der Waals surface area contributed by atoms with E-state index in [1.54, 1.807) is 0 Å². The molecule has 0 unspecified atom stereocenters. The van der Waals surface area contributed by atoms with Crippen molar-refractivity contribution < 1.29 is 14.6 Å². The number of aliphatic hydroxyl groups is 1. The zero-order valence-corrected chi connectivity index (χ0v) is 15.5. The van der Waals surface area contributed by atoms with Crippen molar-refractivity contribution in [1.82, 2.24) is 15.6 Å². The number of aliphatic hydroxyl groups excluding tert-OH is 1. The van der Waals surface area contributed by atoms with Crippen molar-refractivity contribution in [3.05, 3.63) is 15.0 Å². The van der Waals surface area contributed by atoms with Gasteiger partial charge in [-0.3, -0.25) is 4.79 Å². The Labute approximate surface area is 146 Å². The Morgan fingerprint density at radius 3 is 3.00 bits per heavy atom. The number of halogens is 1. The second-order valence-electron chi connectivity index (χ2n) is 5.32. The van der Waals surface area contributed by atoms with Gasteiger partial charge in [0, 0.05) is 24.8 Å². The van der Waals surface area contributed by atoms with Crippen LogP contribution in [-0.2, 0) is 15.1 Å². The van der Waals surface area contributed by atoms with Gasteiger partial charge in [-0.15, -0.1) is 11.3 Å².